The molecular formula is C12H22O2. The lowest BCUT2D eigenvalue weighted by molar-refractivity contribution is -0.174. The van der Waals surface area contributed by atoms with Crippen LogP contribution >= 0.6 is 0 Å². The van der Waals surface area contributed by atoms with Crippen molar-refractivity contribution in [1.82, 2.24) is 0 Å². The van der Waals surface area contributed by atoms with Gasteiger partial charge in [0.1, 0.15) is 0 Å². The first-order chi connectivity index (χ1) is 6.55. The minimum Gasteiger partial charge on any atom is -0.349 e. The molecule has 0 aromatic carbocycles. The molecular weight excluding hydrogens is 176 g/mol. The average molecular weight is 198 g/mol. The van der Waals surface area contributed by atoms with Gasteiger partial charge in [-0.25, -0.2) is 0 Å². The maximum atomic E-state index is 6.10. The van der Waals surface area contributed by atoms with Crippen LogP contribution in [0.25, 0.3) is 0 Å². The van der Waals surface area contributed by atoms with Crippen LogP contribution < -0.4 is 0 Å². The summed E-state index contributed by atoms with van der Waals surface area (Å²) in [7, 11) is 0. The maximum absolute atomic E-state index is 6.10. The van der Waals surface area contributed by atoms with Crippen molar-refractivity contribution in [2.45, 2.75) is 52.4 Å². The molecule has 0 aromatic heterocycles. The van der Waals surface area contributed by atoms with Crippen LogP contribution in [0.2, 0.25) is 0 Å². The largest absolute Gasteiger partial charge is 0.349 e. The summed E-state index contributed by atoms with van der Waals surface area (Å²) in [6, 6.07) is 0. The highest BCUT2D eigenvalue weighted by Gasteiger charge is 2.50. The molecule has 2 heterocycles. The number of ether oxygens (including phenoxy) is 2. The Balaban J connectivity index is 2.09. The summed E-state index contributed by atoms with van der Waals surface area (Å²) in [5.41, 5.74) is 0.0378. The van der Waals surface area contributed by atoms with Crippen LogP contribution in [-0.4, -0.2) is 18.5 Å². The maximum Gasteiger partial charge on any atom is 0.161 e. The zero-order valence-electron chi connectivity index (χ0n) is 9.75. The van der Waals surface area contributed by atoms with Gasteiger partial charge in [-0.2, -0.15) is 0 Å². The van der Waals surface area contributed by atoms with E-state index in [9.17, 15) is 0 Å². The van der Waals surface area contributed by atoms with Gasteiger partial charge in [-0.15, -0.1) is 0 Å². The van der Waals surface area contributed by atoms with Crippen molar-refractivity contribution in [2.24, 2.45) is 17.8 Å². The van der Waals surface area contributed by atoms with E-state index in [1.165, 1.54) is 12.8 Å². The molecule has 0 radical (unpaired) electrons. The van der Waals surface area contributed by atoms with Crippen LogP contribution in [-0.2, 0) is 9.47 Å². The van der Waals surface area contributed by atoms with Crippen LogP contribution in [0.4, 0.5) is 0 Å². The molecule has 0 N–H and O–H groups in total. The highest BCUT2D eigenvalue weighted by Crippen LogP contribution is 2.45. The van der Waals surface area contributed by atoms with Crippen molar-refractivity contribution in [3.05, 3.63) is 0 Å². The molecule has 82 valence electrons. The van der Waals surface area contributed by atoms with E-state index in [-0.39, 0.29) is 11.9 Å². The van der Waals surface area contributed by atoms with E-state index < -0.39 is 0 Å². The van der Waals surface area contributed by atoms with E-state index in [2.05, 4.69) is 27.7 Å². The quantitative estimate of drug-likeness (QED) is 0.679. The lowest BCUT2D eigenvalue weighted by Crippen LogP contribution is -2.44. The first-order valence-corrected chi connectivity index (χ1v) is 5.84. The standard InChI is InChI=1S/C12H22O2/c1-8(2)10-5-6-12(9(3)4)7-13-11(10)14-12/h8-11H,5-7H2,1-4H3. The fourth-order valence-corrected chi connectivity index (χ4v) is 2.65. The molecule has 2 aliphatic heterocycles. The highest BCUT2D eigenvalue weighted by atomic mass is 16.7. The third-order valence-electron chi connectivity index (χ3n) is 4.00. The fraction of sp³-hybridized carbons (Fsp3) is 1.00. The molecule has 0 aliphatic carbocycles. The summed E-state index contributed by atoms with van der Waals surface area (Å²) < 4.78 is 11.9. The molecule has 0 aromatic rings. The Morgan fingerprint density at radius 1 is 1.21 bits per heavy atom. The number of fused-ring (bicyclic) bond motifs is 2. The summed E-state index contributed by atoms with van der Waals surface area (Å²) >= 11 is 0. The second-order valence-corrected chi connectivity index (χ2v) is 5.46. The van der Waals surface area contributed by atoms with Crippen molar-refractivity contribution < 1.29 is 9.47 Å². The zero-order valence-corrected chi connectivity index (χ0v) is 9.75. The van der Waals surface area contributed by atoms with E-state index >= 15 is 0 Å². The molecule has 2 fully saturated rings. The number of hydrogen-bond donors (Lipinski definition) is 0. The van der Waals surface area contributed by atoms with Crippen LogP contribution in [0.5, 0.6) is 0 Å². The highest BCUT2D eigenvalue weighted by molar-refractivity contribution is 4.94. The van der Waals surface area contributed by atoms with Crippen LogP contribution in [0.1, 0.15) is 40.5 Å². The fourth-order valence-electron chi connectivity index (χ4n) is 2.65. The number of hydrogen-bond acceptors (Lipinski definition) is 2. The van der Waals surface area contributed by atoms with Crippen molar-refractivity contribution in [3.63, 3.8) is 0 Å². The van der Waals surface area contributed by atoms with E-state index in [0.29, 0.717) is 17.8 Å². The normalized spacial score (nSPS) is 42.4. The summed E-state index contributed by atoms with van der Waals surface area (Å²) in [6.07, 6.45) is 2.51. The van der Waals surface area contributed by atoms with Crippen LogP contribution in [0.15, 0.2) is 0 Å². The van der Waals surface area contributed by atoms with Gasteiger partial charge in [-0.1, -0.05) is 27.7 Å². The van der Waals surface area contributed by atoms with Gasteiger partial charge in [0.15, 0.2) is 6.29 Å². The summed E-state index contributed by atoms with van der Waals surface area (Å²) in [5.74, 6) is 1.84. The predicted octanol–water partition coefficient (Wildman–Crippen LogP) is 2.82. The molecule has 2 bridgehead atoms. The lowest BCUT2D eigenvalue weighted by atomic mass is 9.79. The van der Waals surface area contributed by atoms with Gasteiger partial charge in [0.05, 0.1) is 12.2 Å². The minimum absolute atomic E-state index is 0.0378. The van der Waals surface area contributed by atoms with Crippen molar-refractivity contribution in [1.29, 1.82) is 0 Å². The van der Waals surface area contributed by atoms with E-state index in [1.54, 1.807) is 0 Å². The first kappa shape index (κ1) is 10.4. The first-order valence-electron chi connectivity index (χ1n) is 5.84. The SMILES string of the molecule is CC(C)C1CCC2(C(C)C)COC1O2. The zero-order chi connectivity index (χ0) is 10.3. The lowest BCUT2D eigenvalue weighted by Gasteiger charge is -2.39. The molecule has 14 heavy (non-hydrogen) atoms. The third kappa shape index (κ3) is 1.49. The molecule has 2 heteroatoms. The number of rotatable bonds is 2. The Kier molecular flexibility index (Phi) is 2.61. The Hall–Kier alpha value is -0.0800. The Morgan fingerprint density at radius 2 is 1.93 bits per heavy atom. The van der Waals surface area contributed by atoms with Gasteiger partial charge in [-0.05, 0) is 24.7 Å². The van der Waals surface area contributed by atoms with Gasteiger partial charge >= 0.3 is 0 Å². The van der Waals surface area contributed by atoms with E-state index in [4.69, 9.17) is 9.47 Å². The predicted molar refractivity (Wildman–Crippen MR) is 56.0 cm³/mol. The second kappa shape index (κ2) is 3.49. The average Bonchev–Trinajstić information content (AvgIpc) is 2.45. The molecule has 0 amide bonds. The Labute approximate surface area is 87.0 Å². The van der Waals surface area contributed by atoms with Crippen LogP contribution in [0.3, 0.4) is 0 Å². The molecule has 2 nitrogen and oxygen atoms in total. The molecule has 0 spiro atoms. The Bertz CT molecular complexity index is 212. The van der Waals surface area contributed by atoms with E-state index in [0.717, 1.165) is 6.61 Å². The molecule has 2 rings (SSSR count). The van der Waals surface area contributed by atoms with Gasteiger partial charge in [0, 0.05) is 5.92 Å². The molecule has 3 atom stereocenters. The van der Waals surface area contributed by atoms with Gasteiger partial charge in [0.2, 0.25) is 0 Å². The van der Waals surface area contributed by atoms with Crippen molar-refractivity contribution in [3.8, 4) is 0 Å². The topological polar surface area (TPSA) is 18.5 Å². The second-order valence-electron chi connectivity index (χ2n) is 5.46. The van der Waals surface area contributed by atoms with Crippen LogP contribution in [0, 0.1) is 17.8 Å². The summed E-state index contributed by atoms with van der Waals surface area (Å²) in [4.78, 5) is 0. The molecule has 2 aliphatic rings. The molecule has 3 unspecified atom stereocenters. The Morgan fingerprint density at radius 3 is 2.50 bits per heavy atom. The monoisotopic (exact) mass is 198 g/mol. The van der Waals surface area contributed by atoms with Gasteiger partial charge in [-0.3, -0.25) is 0 Å². The van der Waals surface area contributed by atoms with Gasteiger partial charge in [0.25, 0.3) is 0 Å². The summed E-state index contributed by atoms with van der Waals surface area (Å²) in [6.45, 7) is 9.80. The minimum atomic E-state index is 0.0378. The van der Waals surface area contributed by atoms with Crippen molar-refractivity contribution in [2.75, 3.05) is 6.61 Å². The van der Waals surface area contributed by atoms with Gasteiger partial charge < -0.3 is 9.47 Å². The van der Waals surface area contributed by atoms with E-state index in [1.807, 2.05) is 0 Å². The summed E-state index contributed by atoms with van der Waals surface area (Å²) in [5, 5.41) is 0. The smallest absolute Gasteiger partial charge is 0.161 e. The molecule has 2 saturated heterocycles. The van der Waals surface area contributed by atoms with Crippen molar-refractivity contribution >= 4 is 0 Å². The third-order valence-corrected chi connectivity index (χ3v) is 4.00. The molecule has 0 saturated carbocycles.